The Bertz CT molecular complexity index is 944. The minimum Gasteiger partial charge on any atom is -0.497 e. The van der Waals surface area contributed by atoms with Gasteiger partial charge in [-0.1, -0.05) is 18.2 Å². The Morgan fingerprint density at radius 2 is 1.67 bits per heavy atom. The Morgan fingerprint density at radius 3 is 2.30 bits per heavy atom. The standard InChI is InChI=1S/C21H23N5O4/c1-14-21(29)26(16-6-4-3-5-7-16)25-18(24-14)20(28)23-13-12-22-19(27)15-8-10-17(30-2)11-9-15/h3-11,14H,12-13H2,1-2H3,(H,22,27)(H,23,28)(H,24,25). The highest BCUT2D eigenvalue weighted by Crippen LogP contribution is 2.15. The molecule has 0 aromatic heterocycles. The van der Waals surface area contributed by atoms with Crippen molar-refractivity contribution in [3.05, 3.63) is 60.2 Å². The fourth-order valence-corrected chi connectivity index (χ4v) is 2.78. The maximum absolute atomic E-state index is 12.4. The second-order valence-corrected chi connectivity index (χ2v) is 6.51. The van der Waals surface area contributed by atoms with Gasteiger partial charge in [-0.05, 0) is 43.3 Å². The van der Waals surface area contributed by atoms with Gasteiger partial charge >= 0.3 is 0 Å². The van der Waals surface area contributed by atoms with E-state index in [0.717, 1.165) is 0 Å². The Hall–Kier alpha value is -3.88. The Balaban J connectivity index is 1.51. The van der Waals surface area contributed by atoms with E-state index in [4.69, 9.17) is 4.74 Å². The van der Waals surface area contributed by atoms with Crippen LogP contribution in [0.15, 0.2) is 59.6 Å². The second kappa shape index (κ2) is 9.55. The van der Waals surface area contributed by atoms with Crippen LogP contribution in [-0.4, -0.2) is 49.8 Å². The van der Waals surface area contributed by atoms with Crippen LogP contribution in [0.4, 0.5) is 5.69 Å². The third-order valence-corrected chi connectivity index (χ3v) is 4.40. The molecule has 2 aromatic rings. The van der Waals surface area contributed by atoms with E-state index in [0.29, 0.717) is 17.0 Å². The molecule has 0 aliphatic carbocycles. The number of nitrogens with zero attached hydrogens (tertiary/aromatic N) is 2. The number of benzene rings is 2. The molecule has 156 valence electrons. The van der Waals surface area contributed by atoms with Crippen LogP contribution in [-0.2, 0) is 9.59 Å². The number of nitrogens with one attached hydrogen (secondary N) is 3. The highest BCUT2D eigenvalue weighted by atomic mass is 16.5. The fraction of sp³-hybridized carbons (Fsp3) is 0.238. The molecule has 3 rings (SSSR count). The molecule has 0 saturated carbocycles. The van der Waals surface area contributed by atoms with Crippen molar-refractivity contribution in [2.75, 3.05) is 25.2 Å². The minimum absolute atomic E-state index is 0.0347. The second-order valence-electron chi connectivity index (χ2n) is 6.51. The summed E-state index contributed by atoms with van der Waals surface area (Å²) in [5.41, 5.74) is 3.86. The molecule has 0 bridgehead atoms. The van der Waals surface area contributed by atoms with Crippen LogP contribution in [0.3, 0.4) is 0 Å². The number of para-hydroxylation sites is 1. The van der Waals surface area contributed by atoms with E-state index in [1.54, 1.807) is 62.6 Å². The maximum atomic E-state index is 12.4. The van der Waals surface area contributed by atoms with Crippen LogP contribution < -0.4 is 25.8 Å². The van der Waals surface area contributed by atoms with Gasteiger partial charge in [-0.15, -0.1) is 0 Å². The van der Waals surface area contributed by atoms with Crippen molar-refractivity contribution in [3.8, 4) is 5.75 Å². The summed E-state index contributed by atoms with van der Waals surface area (Å²) in [7, 11) is 1.55. The largest absolute Gasteiger partial charge is 0.497 e. The number of hydrazine groups is 1. The number of carbonyl (C=O) groups excluding carboxylic acids is 3. The monoisotopic (exact) mass is 409 g/mol. The van der Waals surface area contributed by atoms with E-state index in [2.05, 4.69) is 21.1 Å². The van der Waals surface area contributed by atoms with E-state index in [-0.39, 0.29) is 30.7 Å². The Kier molecular flexibility index (Phi) is 6.63. The van der Waals surface area contributed by atoms with Crippen molar-refractivity contribution in [1.82, 2.24) is 16.1 Å². The Labute approximate surface area is 174 Å². The molecule has 3 amide bonds. The summed E-state index contributed by atoms with van der Waals surface area (Å²) in [5, 5.41) is 6.71. The summed E-state index contributed by atoms with van der Waals surface area (Å²) in [6, 6.07) is 15.0. The summed E-state index contributed by atoms with van der Waals surface area (Å²) in [5.74, 6) is -0.280. The molecule has 30 heavy (non-hydrogen) atoms. The number of carbonyl (C=O) groups is 3. The van der Waals surface area contributed by atoms with Crippen molar-refractivity contribution in [2.24, 2.45) is 4.99 Å². The number of rotatable bonds is 7. The maximum Gasteiger partial charge on any atom is 0.288 e. The minimum atomic E-state index is -0.693. The number of anilines is 1. The summed E-state index contributed by atoms with van der Waals surface area (Å²) in [6.07, 6.45) is 0. The van der Waals surface area contributed by atoms with Gasteiger partial charge in [-0.2, -0.15) is 0 Å². The van der Waals surface area contributed by atoms with Gasteiger partial charge < -0.3 is 15.4 Å². The molecule has 0 saturated heterocycles. The first-order valence-electron chi connectivity index (χ1n) is 9.43. The highest BCUT2D eigenvalue weighted by molar-refractivity contribution is 6.39. The van der Waals surface area contributed by atoms with E-state index < -0.39 is 11.9 Å². The van der Waals surface area contributed by atoms with E-state index in [1.165, 1.54) is 5.01 Å². The van der Waals surface area contributed by atoms with Gasteiger partial charge in [0, 0.05) is 18.7 Å². The lowest BCUT2D eigenvalue weighted by atomic mass is 10.2. The van der Waals surface area contributed by atoms with Crippen LogP contribution >= 0.6 is 0 Å². The molecule has 1 heterocycles. The third kappa shape index (κ3) is 4.93. The van der Waals surface area contributed by atoms with Crippen molar-refractivity contribution in [2.45, 2.75) is 13.0 Å². The molecular weight excluding hydrogens is 386 g/mol. The van der Waals surface area contributed by atoms with Crippen LogP contribution in [0.1, 0.15) is 17.3 Å². The van der Waals surface area contributed by atoms with Crippen LogP contribution in [0.2, 0.25) is 0 Å². The summed E-state index contributed by atoms with van der Waals surface area (Å²) in [6.45, 7) is 2.07. The zero-order valence-electron chi connectivity index (χ0n) is 16.7. The van der Waals surface area contributed by atoms with Gasteiger partial charge in [-0.3, -0.25) is 19.8 Å². The first kappa shape index (κ1) is 20.8. The molecule has 3 N–H and O–H groups in total. The first-order valence-corrected chi connectivity index (χ1v) is 9.43. The predicted molar refractivity (Wildman–Crippen MR) is 112 cm³/mol. The number of methoxy groups -OCH3 is 1. The van der Waals surface area contributed by atoms with Gasteiger partial charge in [0.05, 0.1) is 12.8 Å². The molecule has 1 aliphatic rings. The van der Waals surface area contributed by atoms with Gasteiger partial charge in [-0.25, -0.2) is 10.0 Å². The molecule has 0 spiro atoms. The molecule has 9 nitrogen and oxygen atoms in total. The average Bonchev–Trinajstić information content (AvgIpc) is 2.78. The number of amides is 3. The SMILES string of the molecule is COc1ccc(C(=O)NCCNC(=O)C2=NC(C)C(=O)N(c3ccccc3)N2)cc1. The summed E-state index contributed by atoms with van der Waals surface area (Å²) >= 11 is 0. The number of hydrogen-bond acceptors (Lipinski definition) is 6. The lowest BCUT2D eigenvalue weighted by molar-refractivity contribution is -0.120. The van der Waals surface area contributed by atoms with Gasteiger partial charge in [0.2, 0.25) is 5.84 Å². The summed E-state index contributed by atoms with van der Waals surface area (Å²) in [4.78, 5) is 41.1. The van der Waals surface area contributed by atoms with Crippen molar-refractivity contribution < 1.29 is 19.1 Å². The van der Waals surface area contributed by atoms with Crippen molar-refractivity contribution in [1.29, 1.82) is 0 Å². The number of hydrogen-bond donors (Lipinski definition) is 3. The average molecular weight is 409 g/mol. The fourth-order valence-electron chi connectivity index (χ4n) is 2.78. The highest BCUT2D eigenvalue weighted by Gasteiger charge is 2.30. The van der Waals surface area contributed by atoms with Crippen molar-refractivity contribution in [3.63, 3.8) is 0 Å². The summed E-state index contributed by atoms with van der Waals surface area (Å²) < 4.78 is 5.06. The molecular formula is C21H23N5O4. The lowest BCUT2D eigenvalue weighted by Crippen LogP contribution is -2.58. The molecule has 0 radical (unpaired) electrons. The van der Waals surface area contributed by atoms with Crippen LogP contribution in [0, 0.1) is 0 Å². The zero-order valence-corrected chi connectivity index (χ0v) is 16.7. The van der Waals surface area contributed by atoms with Gasteiger partial charge in [0.1, 0.15) is 11.8 Å². The molecule has 1 atom stereocenters. The lowest BCUT2D eigenvalue weighted by Gasteiger charge is -2.30. The molecule has 1 aliphatic heterocycles. The first-order chi connectivity index (χ1) is 14.5. The molecule has 9 heteroatoms. The quantitative estimate of drug-likeness (QED) is 0.588. The third-order valence-electron chi connectivity index (χ3n) is 4.40. The van der Waals surface area contributed by atoms with Crippen LogP contribution in [0.25, 0.3) is 0 Å². The van der Waals surface area contributed by atoms with Gasteiger partial charge in [0.25, 0.3) is 17.7 Å². The van der Waals surface area contributed by atoms with E-state index in [1.807, 2.05) is 6.07 Å². The predicted octanol–water partition coefficient (Wildman–Crippen LogP) is 0.880. The number of amidine groups is 1. The smallest absolute Gasteiger partial charge is 0.288 e. The normalized spacial score (nSPS) is 15.7. The molecule has 1 unspecified atom stereocenters. The van der Waals surface area contributed by atoms with Gasteiger partial charge in [0.15, 0.2) is 0 Å². The number of aliphatic imine (C=N–C) groups is 1. The molecule has 0 fully saturated rings. The number of ether oxygens (including phenoxy) is 1. The van der Waals surface area contributed by atoms with E-state index in [9.17, 15) is 14.4 Å². The molecule has 2 aromatic carbocycles. The van der Waals surface area contributed by atoms with Crippen LogP contribution in [0.5, 0.6) is 5.75 Å². The van der Waals surface area contributed by atoms with Crippen molar-refractivity contribution >= 4 is 29.2 Å². The Morgan fingerprint density at radius 1 is 1.03 bits per heavy atom. The topological polar surface area (TPSA) is 112 Å². The van der Waals surface area contributed by atoms with E-state index >= 15 is 0 Å². The zero-order chi connectivity index (χ0) is 21.5.